The molecule has 0 aliphatic rings. The van der Waals surface area contributed by atoms with Crippen molar-refractivity contribution < 1.29 is 4.79 Å². The first kappa shape index (κ1) is 12.6. The SMILES string of the molecule is CCC(C)NCC(=O)N(C)c1cccnc1. The molecule has 0 saturated carbocycles. The summed E-state index contributed by atoms with van der Waals surface area (Å²) in [6, 6.07) is 4.06. The predicted molar refractivity (Wildman–Crippen MR) is 65.4 cm³/mol. The van der Waals surface area contributed by atoms with Gasteiger partial charge in [-0.1, -0.05) is 6.92 Å². The molecule has 0 aromatic carbocycles. The van der Waals surface area contributed by atoms with E-state index in [4.69, 9.17) is 0 Å². The van der Waals surface area contributed by atoms with Crippen LogP contribution in [0.1, 0.15) is 20.3 Å². The van der Waals surface area contributed by atoms with Gasteiger partial charge in [0, 0.05) is 19.3 Å². The van der Waals surface area contributed by atoms with Crippen LogP contribution in [0.4, 0.5) is 5.69 Å². The number of anilines is 1. The summed E-state index contributed by atoms with van der Waals surface area (Å²) in [6.45, 7) is 4.52. The van der Waals surface area contributed by atoms with E-state index < -0.39 is 0 Å². The Morgan fingerprint density at radius 1 is 1.62 bits per heavy atom. The van der Waals surface area contributed by atoms with Gasteiger partial charge in [-0.2, -0.15) is 0 Å². The maximum Gasteiger partial charge on any atom is 0.240 e. The maximum atomic E-state index is 11.8. The molecular formula is C12H19N3O. The molecule has 1 aromatic rings. The predicted octanol–water partition coefficient (Wildman–Crippen LogP) is 1.43. The summed E-state index contributed by atoms with van der Waals surface area (Å²) < 4.78 is 0. The van der Waals surface area contributed by atoms with Crippen LogP contribution in [0.5, 0.6) is 0 Å². The lowest BCUT2D eigenvalue weighted by molar-refractivity contribution is -0.117. The van der Waals surface area contributed by atoms with E-state index in [2.05, 4.69) is 24.1 Å². The molecule has 4 heteroatoms. The van der Waals surface area contributed by atoms with Gasteiger partial charge >= 0.3 is 0 Å². The van der Waals surface area contributed by atoms with Crippen LogP contribution in [0.15, 0.2) is 24.5 Å². The zero-order valence-electron chi connectivity index (χ0n) is 10.1. The number of carbonyl (C=O) groups is 1. The number of nitrogens with one attached hydrogen (secondary N) is 1. The summed E-state index contributed by atoms with van der Waals surface area (Å²) in [4.78, 5) is 17.4. The summed E-state index contributed by atoms with van der Waals surface area (Å²) in [5.74, 6) is 0.0494. The van der Waals surface area contributed by atoms with Crippen molar-refractivity contribution in [1.82, 2.24) is 10.3 Å². The van der Waals surface area contributed by atoms with E-state index in [1.807, 2.05) is 12.1 Å². The Hall–Kier alpha value is -1.42. The molecule has 1 aromatic heterocycles. The zero-order chi connectivity index (χ0) is 12.0. The van der Waals surface area contributed by atoms with Crippen LogP contribution in [-0.4, -0.2) is 30.5 Å². The van der Waals surface area contributed by atoms with Crippen LogP contribution in [0.2, 0.25) is 0 Å². The highest BCUT2D eigenvalue weighted by atomic mass is 16.2. The van der Waals surface area contributed by atoms with Crippen molar-refractivity contribution in [3.05, 3.63) is 24.5 Å². The van der Waals surface area contributed by atoms with Crippen LogP contribution in [0.3, 0.4) is 0 Å². The zero-order valence-corrected chi connectivity index (χ0v) is 10.1. The third kappa shape index (κ3) is 3.62. The van der Waals surface area contributed by atoms with Gasteiger partial charge in [-0.3, -0.25) is 9.78 Å². The van der Waals surface area contributed by atoms with Gasteiger partial charge in [-0.25, -0.2) is 0 Å². The molecule has 0 aliphatic carbocycles. The number of amides is 1. The molecule has 0 saturated heterocycles. The van der Waals surface area contributed by atoms with E-state index in [0.29, 0.717) is 12.6 Å². The van der Waals surface area contributed by atoms with Gasteiger partial charge in [-0.05, 0) is 25.5 Å². The van der Waals surface area contributed by atoms with Crippen LogP contribution in [0.25, 0.3) is 0 Å². The molecule has 1 unspecified atom stereocenters. The Kier molecular flexibility index (Phi) is 4.92. The fourth-order valence-electron chi connectivity index (χ4n) is 1.22. The van der Waals surface area contributed by atoms with Gasteiger partial charge in [0.2, 0.25) is 5.91 Å². The maximum absolute atomic E-state index is 11.8. The Bertz CT molecular complexity index is 326. The third-order valence-corrected chi connectivity index (χ3v) is 2.62. The van der Waals surface area contributed by atoms with Gasteiger partial charge in [-0.15, -0.1) is 0 Å². The molecule has 0 radical (unpaired) electrons. The smallest absolute Gasteiger partial charge is 0.240 e. The van der Waals surface area contributed by atoms with Crippen molar-refractivity contribution in [3.63, 3.8) is 0 Å². The lowest BCUT2D eigenvalue weighted by atomic mass is 10.2. The molecule has 1 amide bonds. The molecule has 16 heavy (non-hydrogen) atoms. The van der Waals surface area contributed by atoms with Gasteiger partial charge in [0.05, 0.1) is 18.4 Å². The van der Waals surface area contributed by atoms with E-state index >= 15 is 0 Å². The average molecular weight is 221 g/mol. The normalized spacial score (nSPS) is 12.2. The van der Waals surface area contributed by atoms with Crippen molar-refractivity contribution in [3.8, 4) is 0 Å². The standard InChI is InChI=1S/C12H19N3O/c1-4-10(2)14-9-12(16)15(3)11-6-5-7-13-8-11/h5-8,10,14H,4,9H2,1-3H3. The average Bonchev–Trinajstić information content (AvgIpc) is 2.35. The molecule has 1 N–H and O–H groups in total. The van der Waals surface area contributed by atoms with Crippen LogP contribution < -0.4 is 10.2 Å². The Morgan fingerprint density at radius 3 is 2.94 bits per heavy atom. The molecule has 4 nitrogen and oxygen atoms in total. The summed E-state index contributed by atoms with van der Waals surface area (Å²) >= 11 is 0. The van der Waals surface area contributed by atoms with Crippen molar-refractivity contribution in [1.29, 1.82) is 0 Å². The van der Waals surface area contributed by atoms with E-state index in [0.717, 1.165) is 12.1 Å². The number of pyridine rings is 1. The van der Waals surface area contributed by atoms with Crippen LogP contribution in [0, 0.1) is 0 Å². The number of hydrogen-bond donors (Lipinski definition) is 1. The van der Waals surface area contributed by atoms with Crippen molar-refractivity contribution >= 4 is 11.6 Å². The number of aromatic nitrogens is 1. The molecule has 88 valence electrons. The van der Waals surface area contributed by atoms with Gasteiger partial charge in [0.15, 0.2) is 0 Å². The highest BCUT2D eigenvalue weighted by Gasteiger charge is 2.11. The molecular weight excluding hydrogens is 202 g/mol. The Balaban J connectivity index is 2.49. The quantitative estimate of drug-likeness (QED) is 0.818. The first-order chi connectivity index (χ1) is 7.65. The highest BCUT2D eigenvalue weighted by Crippen LogP contribution is 2.08. The summed E-state index contributed by atoms with van der Waals surface area (Å²) in [6.07, 6.45) is 4.39. The van der Waals surface area contributed by atoms with Gasteiger partial charge in [0.1, 0.15) is 0 Å². The van der Waals surface area contributed by atoms with Crippen molar-refractivity contribution in [2.24, 2.45) is 0 Å². The highest BCUT2D eigenvalue weighted by molar-refractivity contribution is 5.94. The summed E-state index contributed by atoms with van der Waals surface area (Å²) in [5, 5.41) is 3.17. The van der Waals surface area contributed by atoms with Gasteiger partial charge < -0.3 is 10.2 Å². The summed E-state index contributed by atoms with van der Waals surface area (Å²) in [7, 11) is 1.76. The first-order valence-electron chi connectivity index (χ1n) is 5.55. The Morgan fingerprint density at radius 2 is 2.38 bits per heavy atom. The second kappa shape index (κ2) is 6.23. The molecule has 0 fully saturated rings. The fraction of sp³-hybridized carbons (Fsp3) is 0.500. The lowest BCUT2D eigenvalue weighted by Gasteiger charge is -2.18. The number of likely N-dealkylation sites (N-methyl/N-ethyl adjacent to an activating group) is 1. The number of carbonyl (C=O) groups excluding carboxylic acids is 1. The fourth-order valence-corrected chi connectivity index (χ4v) is 1.22. The van der Waals surface area contributed by atoms with E-state index in [1.165, 1.54) is 0 Å². The molecule has 1 rings (SSSR count). The van der Waals surface area contributed by atoms with Crippen LogP contribution in [-0.2, 0) is 4.79 Å². The minimum absolute atomic E-state index is 0.0494. The lowest BCUT2D eigenvalue weighted by Crippen LogP contribution is -2.38. The molecule has 0 bridgehead atoms. The number of rotatable bonds is 5. The number of hydrogen-bond acceptors (Lipinski definition) is 3. The largest absolute Gasteiger partial charge is 0.313 e. The van der Waals surface area contributed by atoms with Gasteiger partial charge in [0.25, 0.3) is 0 Å². The molecule has 0 spiro atoms. The second-order valence-electron chi connectivity index (χ2n) is 3.85. The third-order valence-electron chi connectivity index (χ3n) is 2.62. The molecule has 0 aliphatic heterocycles. The topological polar surface area (TPSA) is 45.2 Å². The van der Waals surface area contributed by atoms with E-state index in [9.17, 15) is 4.79 Å². The molecule has 1 atom stereocenters. The van der Waals surface area contributed by atoms with E-state index in [1.54, 1.807) is 24.3 Å². The van der Waals surface area contributed by atoms with Crippen molar-refractivity contribution in [2.75, 3.05) is 18.5 Å². The monoisotopic (exact) mass is 221 g/mol. The second-order valence-corrected chi connectivity index (χ2v) is 3.85. The van der Waals surface area contributed by atoms with Crippen molar-refractivity contribution in [2.45, 2.75) is 26.3 Å². The molecule has 1 heterocycles. The number of nitrogens with zero attached hydrogens (tertiary/aromatic N) is 2. The minimum Gasteiger partial charge on any atom is -0.313 e. The Labute approximate surface area is 96.7 Å². The minimum atomic E-state index is 0.0494. The van der Waals surface area contributed by atoms with Crippen LogP contribution >= 0.6 is 0 Å². The van der Waals surface area contributed by atoms with E-state index in [-0.39, 0.29) is 5.91 Å². The first-order valence-corrected chi connectivity index (χ1v) is 5.55. The summed E-state index contributed by atoms with van der Waals surface area (Å²) in [5.41, 5.74) is 0.818.